The molecule has 0 heterocycles. The third-order valence-electron chi connectivity index (χ3n) is 3.67. The second-order valence-corrected chi connectivity index (χ2v) is 7.42. The van der Waals surface area contributed by atoms with E-state index in [4.69, 9.17) is 4.74 Å². The molecule has 2 aromatic rings. The van der Waals surface area contributed by atoms with Gasteiger partial charge in [-0.1, -0.05) is 35.9 Å². The summed E-state index contributed by atoms with van der Waals surface area (Å²) in [6.07, 6.45) is 0. The molecule has 2 rings (SSSR count). The molecule has 1 amide bonds. The van der Waals surface area contributed by atoms with E-state index in [1.807, 2.05) is 63.2 Å². The van der Waals surface area contributed by atoms with Crippen molar-refractivity contribution in [3.63, 3.8) is 0 Å². The van der Waals surface area contributed by atoms with Crippen LogP contribution in [0, 0.1) is 20.8 Å². The third-order valence-corrected chi connectivity index (χ3v) is 4.77. The van der Waals surface area contributed by atoms with E-state index in [1.165, 1.54) is 11.8 Å². The van der Waals surface area contributed by atoms with E-state index in [2.05, 4.69) is 5.32 Å². The highest BCUT2D eigenvalue weighted by Gasteiger charge is 2.18. The summed E-state index contributed by atoms with van der Waals surface area (Å²) in [5.41, 5.74) is 3.90. The van der Waals surface area contributed by atoms with Crippen LogP contribution in [0.1, 0.15) is 23.6 Å². The standard InChI is InChI=1S/C20H23NO3S/c1-13-10-14(2)19(15(3)11-13)21-18(22)12-24-20(23)16(4)25-17-8-6-5-7-9-17/h5-11,16H,12H2,1-4H3,(H,21,22)/t16-/m1/s1. The summed E-state index contributed by atoms with van der Waals surface area (Å²) in [5, 5.41) is 2.45. The molecule has 0 aliphatic carbocycles. The predicted octanol–water partition coefficient (Wildman–Crippen LogP) is 4.27. The molecule has 0 saturated heterocycles. The Bertz CT molecular complexity index is 736. The van der Waals surface area contributed by atoms with Crippen molar-refractivity contribution in [1.82, 2.24) is 0 Å². The van der Waals surface area contributed by atoms with E-state index in [-0.39, 0.29) is 17.8 Å². The number of esters is 1. The number of hydrogen-bond donors (Lipinski definition) is 1. The van der Waals surface area contributed by atoms with Gasteiger partial charge in [-0.15, -0.1) is 11.8 Å². The van der Waals surface area contributed by atoms with Crippen molar-refractivity contribution in [1.29, 1.82) is 0 Å². The van der Waals surface area contributed by atoms with Crippen molar-refractivity contribution < 1.29 is 14.3 Å². The Morgan fingerprint density at radius 2 is 1.68 bits per heavy atom. The maximum Gasteiger partial charge on any atom is 0.319 e. The molecule has 0 aromatic heterocycles. The first-order valence-corrected chi connectivity index (χ1v) is 9.01. The van der Waals surface area contributed by atoms with Gasteiger partial charge in [0.25, 0.3) is 5.91 Å². The Morgan fingerprint density at radius 3 is 2.28 bits per heavy atom. The van der Waals surface area contributed by atoms with Crippen LogP contribution in [0.3, 0.4) is 0 Å². The number of carbonyl (C=O) groups excluding carboxylic acids is 2. The number of aryl methyl sites for hydroxylation is 3. The average molecular weight is 357 g/mol. The maximum atomic E-state index is 12.1. The lowest BCUT2D eigenvalue weighted by molar-refractivity contribution is -0.146. The molecule has 25 heavy (non-hydrogen) atoms. The summed E-state index contributed by atoms with van der Waals surface area (Å²) >= 11 is 1.41. The summed E-state index contributed by atoms with van der Waals surface area (Å²) in [7, 11) is 0. The number of thioether (sulfide) groups is 1. The fraction of sp³-hybridized carbons (Fsp3) is 0.300. The molecule has 0 aliphatic heterocycles. The minimum Gasteiger partial charge on any atom is -0.455 e. The zero-order valence-electron chi connectivity index (χ0n) is 15.0. The van der Waals surface area contributed by atoms with Crippen LogP contribution in [0.25, 0.3) is 0 Å². The fourth-order valence-corrected chi connectivity index (χ4v) is 3.44. The minimum absolute atomic E-state index is 0.286. The maximum absolute atomic E-state index is 12.1. The van der Waals surface area contributed by atoms with Crippen molar-refractivity contribution in [2.24, 2.45) is 0 Å². The average Bonchev–Trinajstić information content (AvgIpc) is 2.56. The molecule has 0 bridgehead atoms. The van der Waals surface area contributed by atoms with Crippen molar-refractivity contribution in [2.45, 2.75) is 37.8 Å². The van der Waals surface area contributed by atoms with Gasteiger partial charge in [-0.25, -0.2) is 0 Å². The van der Waals surface area contributed by atoms with Gasteiger partial charge in [0.05, 0.1) is 0 Å². The molecule has 0 spiro atoms. The molecule has 1 N–H and O–H groups in total. The largest absolute Gasteiger partial charge is 0.455 e. The van der Waals surface area contributed by atoms with Crippen LogP contribution in [0.15, 0.2) is 47.4 Å². The number of ether oxygens (including phenoxy) is 1. The van der Waals surface area contributed by atoms with E-state index in [0.717, 1.165) is 27.3 Å². The molecule has 0 fully saturated rings. The topological polar surface area (TPSA) is 55.4 Å². The van der Waals surface area contributed by atoms with Gasteiger partial charge in [0.2, 0.25) is 0 Å². The molecular formula is C20H23NO3S. The lowest BCUT2D eigenvalue weighted by Crippen LogP contribution is -2.25. The van der Waals surface area contributed by atoms with E-state index >= 15 is 0 Å². The number of anilines is 1. The quantitative estimate of drug-likeness (QED) is 0.619. The van der Waals surface area contributed by atoms with Crippen LogP contribution >= 0.6 is 11.8 Å². The SMILES string of the molecule is Cc1cc(C)c(NC(=O)COC(=O)[C@@H](C)Sc2ccccc2)c(C)c1. The number of carbonyl (C=O) groups is 2. The van der Waals surface area contributed by atoms with Gasteiger partial charge in [-0.3, -0.25) is 9.59 Å². The first-order valence-electron chi connectivity index (χ1n) is 8.13. The lowest BCUT2D eigenvalue weighted by atomic mass is 10.1. The molecule has 0 saturated carbocycles. The molecule has 0 unspecified atom stereocenters. The normalized spacial score (nSPS) is 11.7. The molecule has 2 aromatic carbocycles. The Balaban J connectivity index is 1.86. The van der Waals surface area contributed by atoms with E-state index in [0.29, 0.717) is 0 Å². The molecule has 4 nitrogen and oxygen atoms in total. The van der Waals surface area contributed by atoms with Gasteiger partial charge in [-0.05, 0) is 51.0 Å². The zero-order chi connectivity index (χ0) is 18.4. The van der Waals surface area contributed by atoms with Crippen LogP contribution in [0.5, 0.6) is 0 Å². The molecule has 5 heteroatoms. The minimum atomic E-state index is -0.402. The van der Waals surface area contributed by atoms with Gasteiger partial charge in [0.1, 0.15) is 5.25 Å². The third kappa shape index (κ3) is 5.64. The highest BCUT2D eigenvalue weighted by molar-refractivity contribution is 8.00. The van der Waals surface area contributed by atoms with Gasteiger partial charge in [0.15, 0.2) is 6.61 Å². The first-order chi connectivity index (χ1) is 11.9. The highest BCUT2D eigenvalue weighted by atomic mass is 32.2. The second kappa shape index (κ2) is 8.72. The summed E-state index contributed by atoms with van der Waals surface area (Å²) < 4.78 is 5.14. The summed E-state index contributed by atoms with van der Waals surface area (Å²) in [5.74, 6) is -0.735. The van der Waals surface area contributed by atoms with Crippen LogP contribution in [0.4, 0.5) is 5.69 Å². The molecule has 132 valence electrons. The van der Waals surface area contributed by atoms with Crippen molar-refractivity contribution in [3.8, 4) is 0 Å². The Hall–Kier alpha value is -2.27. The van der Waals surface area contributed by atoms with Crippen molar-refractivity contribution >= 4 is 29.3 Å². The van der Waals surface area contributed by atoms with Crippen LogP contribution in [-0.2, 0) is 14.3 Å². The monoisotopic (exact) mass is 357 g/mol. The van der Waals surface area contributed by atoms with Gasteiger partial charge in [0, 0.05) is 10.6 Å². The number of nitrogens with one attached hydrogen (secondary N) is 1. The zero-order valence-corrected chi connectivity index (χ0v) is 15.8. The Kier molecular flexibility index (Phi) is 6.65. The first kappa shape index (κ1) is 19.1. The van der Waals surface area contributed by atoms with Crippen LogP contribution in [0.2, 0.25) is 0 Å². The predicted molar refractivity (Wildman–Crippen MR) is 102 cm³/mol. The highest BCUT2D eigenvalue weighted by Crippen LogP contribution is 2.24. The summed E-state index contributed by atoms with van der Waals surface area (Å²) in [6.45, 7) is 7.39. The van der Waals surface area contributed by atoms with Crippen molar-refractivity contribution in [2.75, 3.05) is 11.9 Å². The number of rotatable bonds is 6. The van der Waals surface area contributed by atoms with Crippen LogP contribution < -0.4 is 5.32 Å². The molecule has 0 aliphatic rings. The van der Waals surface area contributed by atoms with Gasteiger partial charge in [-0.2, -0.15) is 0 Å². The molecule has 1 atom stereocenters. The number of benzene rings is 2. The molecular weight excluding hydrogens is 334 g/mol. The molecule has 0 radical (unpaired) electrons. The number of hydrogen-bond acceptors (Lipinski definition) is 4. The number of amides is 1. The van der Waals surface area contributed by atoms with E-state index in [1.54, 1.807) is 6.92 Å². The lowest BCUT2D eigenvalue weighted by Gasteiger charge is -2.14. The smallest absolute Gasteiger partial charge is 0.319 e. The van der Waals surface area contributed by atoms with E-state index in [9.17, 15) is 9.59 Å². The van der Waals surface area contributed by atoms with Gasteiger partial charge < -0.3 is 10.1 Å². The Morgan fingerprint density at radius 1 is 1.08 bits per heavy atom. The fourth-order valence-electron chi connectivity index (χ4n) is 2.56. The van der Waals surface area contributed by atoms with E-state index < -0.39 is 5.97 Å². The summed E-state index contributed by atoms with van der Waals surface area (Å²) in [4.78, 5) is 25.1. The Labute approximate surface area is 153 Å². The second-order valence-electron chi connectivity index (χ2n) is 6.00. The summed E-state index contributed by atoms with van der Waals surface area (Å²) in [6, 6.07) is 13.6. The van der Waals surface area contributed by atoms with Gasteiger partial charge >= 0.3 is 5.97 Å². The van der Waals surface area contributed by atoms with Crippen LogP contribution in [-0.4, -0.2) is 23.7 Å². The van der Waals surface area contributed by atoms with Crippen molar-refractivity contribution in [3.05, 3.63) is 59.2 Å².